The predicted octanol–water partition coefficient (Wildman–Crippen LogP) is 6.62. The van der Waals surface area contributed by atoms with Crippen molar-refractivity contribution in [2.45, 2.75) is 37.6 Å². The summed E-state index contributed by atoms with van der Waals surface area (Å²) in [6, 6.07) is 25.2. The third-order valence-corrected chi connectivity index (χ3v) is 8.09. The molecule has 0 saturated carbocycles. The van der Waals surface area contributed by atoms with Crippen LogP contribution >= 0.6 is 15.9 Å². The number of hydrogen-bond donors (Lipinski definition) is 3. The van der Waals surface area contributed by atoms with E-state index in [0.717, 1.165) is 27.7 Å². The lowest BCUT2D eigenvalue weighted by Gasteiger charge is -2.31. The van der Waals surface area contributed by atoms with E-state index in [0.29, 0.717) is 35.5 Å². The van der Waals surface area contributed by atoms with Crippen molar-refractivity contribution in [1.82, 2.24) is 10.9 Å². The standard InChI is InChI=1S/C34H31BrF2N6O4/c35-27-11-7-23(8-12-27)31-34(19-25-4-1-2-5-26(25)21-40-43-38,33(45)42-39-20-22-6-15-29(36)30(37)18-22)41-32(47-31)24-9-13-28(14-10-24)46-17-3-16-44/h1-2,4-15,18,31,39,44H,3,16-17,19-21H2,(H,42,45)/t31-,34-/m0/s1. The third kappa shape index (κ3) is 8.13. The Morgan fingerprint density at radius 2 is 1.79 bits per heavy atom. The molecule has 0 radical (unpaired) electrons. The molecule has 1 aliphatic heterocycles. The van der Waals surface area contributed by atoms with Crippen LogP contribution < -0.4 is 15.6 Å². The van der Waals surface area contributed by atoms with E-state index in [2.05, 4.69) is 36.8 Å². The van der Waals surface area contributed by atoms with Gasteiger partial charge in [-0.1, -0.05) is 63.5 Å². The summed E-state index contributed by atoms with van der Waals surface area (Å²) in [7, 11) is 0. The normalized spacial score (nSPS) is 16.9. The molecule has 13 heteroatoms. The number of nitrogens with zero attached hydrogens (tertiary/aromatic N) is 4. The molecule has 0 spiro atoms. The highest BCUT2D eigenvalue weighted by Gasteiger charge is 2.53. The highest BCUT2D eigenvalue weighted by atomic mass is 79.9. The molecule has 4 aromatic carbocycles. The van der Waals surface area contributed by atoms with E-state index in [9.17, 15) is 13.6 Å². The molecule has 47 heavy (non-hydrogen) atoms. The number of carbonyl (C=O) groups is 1. The molecule has 10 nitrogen and oxygen atoms in total. The number of hydrazine groups is 1. The minimum atomic E-state index is -1.58. The van der Waals surface area contributed by atoms with E-state index in [4.69, 9.17) is 25.1 Å². The highest BCUT2D eigenvalue weighted by molar-refractivity contribution is 9.10. The molecule has 0 bridgehead atoms. The van der Waals surface area contributed by atoms with Crippen LogP contribution in [-0.4, -0.2) is 35.7 Å². The Balaban J connectivity index is 1.55. The molecule has 3 N–H and O–H groups in total. The molecule has 0 unspecified atom stereocenters. The summed E-state index contributed by atoms with van der Waals surface area (Å²) in [5, 5.41) is 12.8. The van der Waals surface area contributed by atoms with Gasteiger partial charge in [0.1, 0.15) is 5.75 Å². The lowest BCUT2D eigenvalue weighted by atomic mass is 9.81. The third-order valence-electron chi connectivity index (χ3n) is 7.56. The van der Waals surface area contributed by atoms with E-state index in [-0.39, 0.29) is 32.0 Å². The van der Waals surface area contributed by atoms with Crippen LogP contribution in [0.4, 0.5) is 8.78 Å². The van der Waals surface area contributed by atoms with Gasteiger partial charge < -0.3 is 14.6 Å². The summed E-state index contributed by atoms with van der Waals surface area (Å²) in [6.45, 7) is 0.447. The Labute approximate surface area is 278 Å². The Morgan fingerprint density at radius 1 is 1.04 bits per heavy atom. The number of halogens is 3. The van der Waals surface area contributed by atoms with Gasteiger partial charge in [0.05, 0.1) is 13.2 Å². The first kappa shape index (κ1) is 33.6. The fourth-order valence-electron chi connectivity index (χ4n) is 5.19. The van der Waals surface area contributed by atoms with E-state index < -0.39 is 29.2 Å². The Morgan fingerprint density at radius 3 is 2.49 bits per heavy atom. The van der Waals surface area contributed by atoms with E-state index in [1.54, 1.807) is 24.3 Å². The molecule has 0 saturated heterocycles. The number of aliphatic hydroxyl groups is 1. The van der Waals surface area contributed by atoms with Crippen LogP contribution in [0.25, 0.3) is 10.4 Å². The first-order valence-corrected chi connectivity index (χ1v) is 15.5. The maximum atomic E-state index is 14.4. The maximum absolute atomic E-state index is 14.4. The molecule has 1 heterocycles. The fraction of sp³-hybridized carbons (Fsp3) is 0.235. The largest absolute Gasteiger partial charge is 0.494 e. The van der Waals surface area contributed by atoms with Crippen LogP contribution in [0, 0.1) is 11.6 Å². The number of aliphatic hydroxyl groups excluding tert-OH is 1. The first-order valence-electron chi connectivity index (χ1n) is 14.7. The van der Waals surface area contributed by atoms with Gasteiger partial charge in [-0.3, -0.25) is 10.2 Å². The number of ether oxygens (including phenoxy) is 2. The average molecular weight is 706 g/mol. The highest BCUT2D eigenvalue weighted by Crippen LogP contribution is 2.43. The van der Waals surface area contributed by atoms with Crippen molar-refractivity contribution in [3.05, 3.63) is 145 Å². The molecular weight excluding hydrogens is 674 g/mol. The zero-order valence-corrected chi connectivity index (χ0v) is 26.7. The van der Waals surface area contributed by atoms with E-state index >= 15 is 0 Å². The number of aliphatic imine (C=N–C) groups is 1. The van der Waals surface area contributed by atoms with Crippen LogP contribution in [0.3, 0.4) is 0 Å². The topological polar surface area (TPSA) is 141 Å². The summed E-state index contributed by atoms with van der Waals surface area (Å²) < 4.78 is 40.4. The number of carbonyl (C=O) groups excluding carboxylic acids is 1. The van der Waals surface area contributed by atoms with Crippen LogP contribution in [0.5, 0.6) is 5.75 Å². The van der Waals surface area contributed by atoms with Crippen molar-refractivity contribution in [2.24, 2.45) is 10.1 Å². The molecule has 2 atom stereocenters. The SMILES string of the molecule is [N-]=[N+]=NCc1ccccc1C[C@]1(C(=O)NNCc2ccc(F)c(F)c2)N=C(c2ccc(OCCCO)cc2)O[C@H]1c1ccc(Br)cc1. The van der Waals surface area contributed by atoms with Crippen molar-refractivity contribution in [3.8, 4) is 5.75 Å². The van der Waals surface area contributed by atoms with Gasteiger partial charge in [0.15, 0.2) is 23.3 Å². The van der Waals surface area contributed by atoms with Gasteiger partial charge in [0.25, 0.3) is 5.91 Å². The molecule has 0 fully saturated rings. The number of nitrogens with one attached hydrogen (secondary N) is 2. The minimum Gasteiger partial charge on any atom is -0.494 e. The molecule has 4 aromatic rings. The Bertz CT molecular complexity index is 1780. The van der Waals surface area contributed by atoms with E-state index in [1.807, 2.05) is 48.5 Å². The van der Waals surface area contributed by atoms with Gasteiger partial charge in [-0.15, -0.1) is 0 Å². The van der Waals surface area contributed by atoms with Gasteiger partial charge in [0.2, 0.25) is 5.90 Å². The molecule has 242 valence electrons. The smallest absolute Gasteiger partial charge is 0.266 e. The Hall–Kier alpha value is -4.81. The lowest BCUT2D eigenvalue weighted by molar-refractivity contribution is -0.130. The second kappa shape index (κ2) is 15.7. The van der Waals surface area contributed by atoms with Crippen molar-refractivity contribution >= 4 is 27.7 Å². The number of rotatable bonds is 14. The number of azide groups is 1. The van der Waals surface area contributed by atoms with Gasteiger partial charge in [-0.2, -0.15) is 0 Å². The van der Waals surface area contributed by atoms with Crippen molar-refractivity contribution < 1.29 is 28.2 Å². The van der Waals surface area contributed by atoms with Crippen molar-refractivity contribution in [2.75, 3.05) is 13.2 Å². The van der Waals surface area contributed by atoms with Crippen LogP contribution in [0.1, 0.15) is 40.3 Å². The monoisotopic (exact) mass is 704 g/mol. The second-order valence-electron chi connectivity index (χ2n) is 10.7. The van der Waals surface area contributed by atoms with Crippen molar-refractivity contribution in [1.29, 1.82) is 0 Å². The van der Waals surface area contributed by atoms with E-state index in [1.165, 1.54) is 6.07 Å². The average Bonchev–Trinajstić information content (AvgIpc) is 3.47. The second-order valence-corrected chi connectivity index (χ2v) is 11.6. The molecule has 0 aliphatic carbocycles. The Kier molecular flexibility index (Phi) is 11.2. The summed E-state index contributed by atoms with van der Waals surface area (Å²) in [5.41, 5.74) is 16.1. The van der Waals surface area contributed by atoms with Crippen LogP contribution in [0.2, 0.25) is 0 Å². The minimum absolute atomic E-state index is 0.00458. The molecular formula is C34H31BrF2N6O4. The lowest BCUT2D eigenvalue weighted by Crippen LogP contribution is -2.53. The van der Waals surface area contributed by atoms with Crippen LogP contribution in [-0.2, 0) is 29.0 Å². The van der Waals surface area contributed by atoms with Gasteiger partial charge in [-0.25, -0.2) is 19.2 Å². The van der Waals surface area contributed by atoms with Gasteiger partial charge in [-0.05, 0) is 76.3 Å². The molecule has 0 aromatic heterocycles. The van der Waals surface area contributed by atoms with Gasteiger partial charge >= 0.3 is 0 Å². The summed E-state index contributed by atoms with van der Waals surface area (Å²) in [6.07, 6.45) is -0.339. The summed E-state index contributed by atoms with van der Waals surface area (Å²) >= 11 is 3.47. The summed E-state index contributed by atoms with van der Waals surface area (Å²) in [4.78, 5) is 22.3. The molecule has 1 aliphatic rings. The zero-order chi connectivity index (χ0) is 33.2. The number of amides is 1. The first-order chi connectivity index (χ1) is 22.8. The summed E-state index contributed by atoms with van der Waals surface area (Å²) in [5.74, 6) is -1.68. The van der Waals surface area contributed by atoms with Crippen LogP contribution in [0.15, 0.2) is 106 Å². The van der Waals surface area contributed by atoms with Crippen molar-refractivity contribution in [3.63, 3.8) is 0 Å². The number of benzene rings is 4. The predicted molar refractivity (Wildman–Crippen MR) is 175 cm³/mol. The quantitative estimate of drug-likeness (QED) is 0.0445. The fourth-order valence-corrected chi connectivity index (χ4v) is 5.45. The maximum Gasteiger partial charge on any atom is 0.266 e. The molecule has 1 amide bonds. The van der Waals surface area contributed by atoms with Gasteiger partial charge in [0, 0.05) is 40.9 Å². The zero-order valence-electron chi connectivity index (χ0n) is 25.1. The number of hydrogen-bond acceptors (Lipinski definition) is 7. The molecule has 5 rings (SSSR count).